The molecule has 0 fully saturated rings. The van der Waals surface area contributed by atoms with Crippen LogP contribution in [0.25, 0.3) is 43.9 Å². The fraction of sp³-hybridized carbons (Fsp3) is 0.0385. The highest BCUT2D eigenvalue weighted by atomic mass is 16.3. The van der Waals surface area contributed by atoms with Gasteiger partial charge in [-0.1, -0.05) is 134 Å². The van der Waals surface area contributed by atoms with E-state index in [2.05, 4.69) is 192 Å². The van der Waals surface area contributed by atoms with Crippen LogP contribution in [0, 0.1) is 11.8 Å². The molecule has 264 valence electrons. The fourth-order valence-corrected chi connectivity index (χ4v) is 9.43. The number of furan rings is 2. The lowest BCUT2D eigenvalue weighted by atomic mass is 9.63. The number of hydrogen-bond acceptors (Lipinski definition) is 4. The molecule has 0 N–H and O–H groups in total. The van der Waals surface area contributed by atoms with Crippen molar-refractivity contribution >= 4 is 66.6 Å². The van der Waals surface area contributed by atoms with Crippen LogP contribution in [0.2, 0.25) is 0 Å². The number of para-hydroxylation sites is 6. The van der Waals surface area contributed by atoms with Crippen LogP contribution in [0.3, 0.4) is 0 Å². The van der Waals surface area contributed by atoms with Gasteiger partial charge in [0.15, 0.2) is 11.2 Å². The second-order valence-electron chi connectivity index (χ2n) is 14.8. The molecule has 4 heteroatoms. The van der Waals surface area contributed by atoms with Gasteiger partial charge in [0.1, 0.15) is 11.2 Å². The van der Waals surface area contributed by atoms with Crippen LogP contribution in [0.1, 0.15) is 0 Å². The molecule has 0 saturated carbocycles. The van der Waals surface area contributed by atoms with E-state index in [1.54, 1.807) is 0 Å². The van der Waals surface area contributed by atoms with E-state index in [4.69, 9.17) is 8.83 Å². The lowest BCUT2D eigenvalue weighted by Gasteiger charge is -2.45. The van der Waals surface area contributed by atoms with Gasteiger partial charge in [0.25, 0.3) is 0 Å². The number of benzene rings is 6. The second kappa shape index (κ2) is 12.1. The number of nitrogens with zero attached hydrogens (tertiary/aromatic N) is 2. The van der Waals surface area contributed by atoms with E-state index in [-0.39, 0.29) is 11.8 Å². The van der Waals surface area contributed by atoms with E-state index in [0.29, 0.717) is 0 Å². The van der Waals surface area contributed by atoms with Crippen molar-refractivity contribution in [3.63, 3.8) is 0 Å². The Morgan fingerprint density at radius 1 is 0.393 bits per heavy atom. The molecular weight excluding hydrogens is 685 g/mol. The summed E-state index contributed by atoms with van der Waals surface area (Å²) < 4.78 is 13.3. The smallest absolute Gasteiger partial charge is 0.159 e. The quantitative estimate of drug-likeness (QED) is 0.171. The largest absolute Gasteiger partial charge is 0.454 e. The summed E-state index contributed by atoms with van der Waals surface area (Å²) in [6.07, 6.45) is 18.6. The van der Waals surface area contributed by atoms with Gasteiger partial charge in [0.2, 0.25) is 0 Å². The van der Waals surface area contributed by atoms with Gasteiger partial charge < -0.3 is 18.6 Å². The average Bonchev–Trinajstić information content (AvgIpc) is 3.84. The van der Waals surface area contributed by atoms with Gasteiger partial charge in [-0.15, -0.1) is 0 Å². The zero-order valence-electron chi connectivity index (χ0n) is 30.3. The van der Waals surface area contributed by atoms with Crippen molar-refractivity contribution in [1.29, 1.82) is 0 Å². The third kappa shape index (κ3) is 4.53. The minimum atomic E-state index is 0.121. The first-order chi connectivity index (χ1) is 27.8. The van der Waals surface area contributed by atoms with Gasteiger partial charge in [-0.25, -0.2) is 0 Å². The monoisotopic (exact) mass is 718 g/mol. The highest BCUT2D eigenvalue weighted by Crippen LogP contribution is 2.55. The second-order valence-corrected chi connectivity index (χ2v) is 14.8. The zero-order chi connectivity index (χ0) is 36.7. The molecule has 4 aliphatic carbocycles. The molecule has 0 aliphatic heterocycles. The molecule has 0 saturated heterocycles. The van der Waals surface area contributed by atoms with Crippen LogP contribution in [0.15, 0.2) is 237 Å². The Bertz CT molecular complexity index is 3150. The summed E-state index contributed by atoms with van der Waals surface area (Å²) in [7, 11) is 0. The molecule has 56 heavy (non-hydrogen) atoms. The van der Waals surface area contributed by atoms with Gasteiger partial charge in [-0.05, 0) is 83.0 Å². The summed E-state index contributed by atoms with van der Waals surface area (Å²) in [5, 5.41) is 4.47. The maximum Gasteiger partial charge on any atom is 0.159 e. The first kappa shape index (κ1) is 31.1. The molecule has 6 aromatic carbocycles. The molecule has 2 heterocycles. The van der Waals surface area contributed by atoms with Crippen LogP contribution in [0.5, 0.6) is 0 Å². The summed E-state index contributed by atoms with van der Waals surface area (Å²) in [5.74, 6) is 0.242. The Morgan fingerprint density at radius 2 is 0.911 bits per heavy atom. The minimum absolute atomic E-state index is 0.121. The van der Waals surface area contributed by atoms with E-state index in [1.165, 1.54) is 22.3 Å². The maximum absolute atomic E-state index is 6.67. The lowest BCUT2D eigenvalue weighted by Crippen LogP contribution is -2.35. The number of fused-ring (bicyclic) bond motifs is 6. The highest BCUT2D eigenvalue weighted by molar-refractivity contribution is 6.11. The molecule has 0 spiro atoms. The summed E-state index contributed by atoms with van der Waals surface area (Å²) >= 11 is 0. The first-order valence-electron chi connectivity index (χ1n) is 19.3. The number of anilines is 4. The predicted octanol–water partition coefficient (Wildman–Crippen LogP) is 13.8. The molecule has 0 radical (unpaired) electrons. The molecule has 8 aromatic rings. The Kier molecular flexibility index (Phi) is 6.72. The SMILES string of the molecule is C1=CC2=C(N(c3ccccc3)c3cccc4c3oc3ccccc34)C=CC3=CC=C4C(N(c5ccccc5)c5cccc6c5oc5ccccc56)=CC=C1C4C32. The van der Waals surface area contributed by atoms with Crippen molar-refractivity contribution in [2.75, 3.05) is 9.80 Å². The molecular formula is C52H34N2O2. The zero-order valence-corrected chi connectivity index (χ0v) is 30.3. The molecule has 2 atom stereocenters. The van der Waals surface area contributed by atoms with E-state index in [1.807, 2.05) is 12.1 Å². The third-order valence-electron chi connectivity index (χ3n) is 11.9. The fourth-order valence-electron chi connectivity index (χ4n) is 9.43. The first-order valence-corrected chi connectivity index (χ1v) is 19.3. The van der Waals surface area contributed by atoms with Gasteiger partial charge >= 0.3 is 0 Å². The Morgan fingerprint density at radius 3 is 1.57 bits per heavy atom. The Balaban J connectivity index is 1.04. The molecule has 4 aliphatic rings. The summed E-state index contributed by atoms with van der Waals surface area (Å²) in [6, 6.07) is 51.0. The number of hydrogen-bond donors (Lipinski definition) is 0. The van der Waals surface area contributed by atoms with Crippen molar-refractivity contribution in [3.8, 4) is 0 Å². The normalized spacial score (nSPS) is 18.2. The number of rotatable bonds is 6. The van der Waals surface area contributed by atoms with E-state index in [0.717, 1.165) is 78.0 Å². The topological polar surface area (TPSA) is 32.8 Å². The maximum atomic E-state index is 6.67. The van der Waals surface area contributed by atoms with Crippen LogP contribution < -0.4 is 9.80 Å². The molecule has 0 amide bonds. The highest BCUT2D eigenvalue weighted by Gasteiger charge is 2.43. The van der Waals surface area contributed by atoms with Gasteiger partial charge in [-0.3, -0.25) is 0 Å². The van der Waals surface area contributed by atoms with Gasteiger partial charge in [-0.2, -0.15) is 0 Å². The van der Waals surface area contributed by atoms with Crippen LogP contribution in [-0.4, -0.2) is 0 Å². The van der Waals surface area contributed by atoms with Crippen molar-refractivity contribution in [2.24, 2.45) is 11.8 Å². The lowest BCUT2D eigenvalue weighted by molar-refractivity contribution is 0.551. The van der Waals surface area contributed by atoms with E-state index >= 15 is 0 Å². The van der Waals surface area contributed by atoms with Crippen LogP contribution >= 0.6 is 0 Å². The molecule has 2 unspecified atom stereocenters. The van der Waals surface area contributed by atoms with Crippen molar-refractivity contribution < 1.29 is 8.83 Å². The Hall–Kier alpha value is -7.30. The number of allylic oxidation sites excluding steroid dienone is 12. The summed E-state index contributed by atoms with van der Waals surface area (Å²) in [4.78, 5) is 4.78. The van der Waals surface area contributed by atoms with Crippen LogP contribution in [-0.2, 0) is 0 Å². The van der Waals surface area contributed by atoms with Crippen molar-refractivity contribution in [2.45, 2.75) is 0 Å². The molecule has 0 bridgehead atoms. The predicted molar refractivity (Wildman–Crippen MR) is 229 cm³/mol. The Labute approximate surface area is 323 Å². The molecule has 12 rings (SSSR count). The van der Waals surface area contributed by atoms with Gasteiger partial charge in [0, 0.05) is 44.8 Å². The van der Waals surface area contributed by atoms with Crippen molar-refractivity contribution in [3.05, 3.63) is 228 Å². The third-order valence-corrected chi connectivity index (χ3v) is 11.9. The van der Waals surface area contributed by atoms with Crippen molar-refractivity contribution in [1.82, 2.24) is 0 Å². The standard InChI is InChI=1S/C52H34N2O2/c1-3-13-35(14-4-1)53(45-21-11-19-39-37-17-7-9-23-47(37)55-51(39)45)43-31-27-33-26-30-42-44(32-28-34-25-29-41(43)49(33)50(34)42)54(36-15-5-2-6-16-36)46-22-12-20-40-38-18-8-10-24-48(38)56-52(40)46/h1-32,49-50H. The average molecular weight is 719 g/mol. The minimum Gasteiger partial charge on any atom is -0.454 e. The van der Waals surface area contributed by atoms with E-state index in [9.17, 15) is 0 Å². The van der Waals surface area contributed by atoms with E-state index < -0.39 is 0 Å². The molecule has 4 nitrogen and oxygen atoms in total. The van der Waals surface area contributed by atoms with Crippen LogP contribution in [0.4, 0.5) is 22.7 Å². The molecule has 2 aromatic heterocycles. The summed E-state index contributed by atoms with van der Waals surface area (Å²) in [5.41, 5.74) is 15.2. The van der Waals surface area contributed by atoms with Gasteiger partial charge in [0.05, 0.1) is 22.8 Å². The summed E-state index contributed by atoms with van der Waals surface area (Å²) in [6.45, 7) is 0.